The number of hydrogen-bond acceptors (Lipinski definition) is 4. The summed E-state index contributed by atoms with van der Waals surface area (Å²) < 4.78 is 14.0. The van der Waals surface area contributed by atoms with Crippen LogP contribution in [0.25, 0.3) is 0 Å². The van der Waals surface area contributed by atoms with Crippen molar-refractivity contribution in [3.8, 4) is 6.07 Å². The molecule has 0 aromatic heterocycles. The van der Waals surface area contributed by atoms with E-state index in [4.69, 9.17) is 0 Å². The van der Waals surface area contributed by atoms with Gasteiger partial charge in [0.15, 0.2) is 0 Å². The van der Waals surface area contributed by atoms with E-state index < -0.39 is 0 Å². The maximum absolute atomic E-state index is 14.0. The highest BCUT2D eigenvalue weighted by atomic mass is 19.1. The van der Waals surface area contributed by atoms with Crippen LogP contribution in [0, 0.1) is 17.1 Å². The third kappa shape index (κ3) is 7.55. The van der Waals surface area contributed by atoms with Crippen molar-refractivity contribution in [2.75, 3.05) is 31.1 Å². The molecule has 174 valence electrons. The Kier molecular flexibility index (Phi) is 9.87. The number of para-hydroxylation sites is 1. The first-order valence-electron chi connectivity index (χ1n) is 12.3. The Hall–Kier alpha value is -2.55. The zero-order valence-electron chi connectivity index (χ0n) is 19.2. The number of amides is 1. The van der Waals surface area contributed by atoms with E-state index in [9.17, 15) is 14.4 Å². The van der Waals surface area contributed by atoms with Gasteiger partial charge in [0.25, 0.3) is 5.91 Å². The lowest BCUT2D eigenvalue weighted by Gasteiger charge is -2.35. The molecular weight excluding hydrogens is 403 g/mol. The van der Waals surface area contributed by atoms with Gasteiger partial charge in [0.05, 0.1) is 5.69 Å². The van der Waals surface area contributed by atoms with Gasteiger partial charge in [0.2, 0.25) is 0 Å². The molecule has 2 aliphatic rings. The van der Waals surface area contributed by atoms with Crippen molar-refractivity contribution in [3.63, 3.8) is 0 Å². The molecule has 0 atom stereocenters. The van der Waals surface area contributed by atoms with Crippen LogP contribution in [0.3, 0.4) is 0 Å². The molecule has 0 spiro atoms. The van der Waals surface area contributed by atoms with Gasteiger partial charge in [-0.05, 0) is 25.0 Å². The number of halogens is 1. The van der Waals surface area contributed by atoms with E-state index in [2.05, 4.69) is 11.4 Å². The first-order chi connectivity index (χ1) is 15.7. The quantitative estimate of drug-likeness (QED) is 0.520. The van der Waals surface area contributed by atoms with Crippen molar-refractivity contribution < 1.29 is 9.18 Å². The molecule has 1 heterocycles. The van der Waals surface area contributed by atoms with E-state index in [0.717, 1.165) is 25.7 Å². The lowest BCUT2D eigenvalue weighted by Crippen LogP contribution is -2.45. The van der Waals surface area contributed by atoms with Gasteiger partial charge in [0, 0.05) is 38.4 Å². The summed E-state index contributed by atoms with van der Waals surface area (Å²) in [6.07, 6.45) is 14.9. The fraction of sp³-hybridized carbons (Fsp3) is 0.615. The molecule has 5 nitrogen and oxygen atoms in total. The van der Waals surface area contributed by atoms with Gasteiger partial charge in [-0.2, -0.15) is 5.26 Å². The molecule has 1 saturated carbocycles. The van der Waals surface area contributed by atoms with E-state index in [1.807, 2.05) is 15.9 Å². The van der Waals surface area contributed by atoms with Gasteiger partial charge in [-0.1, -0.05) is 69.9 Å². The first kappa shape index (κ1) is 24.1. The maximum atomic E-state index is 14.0. The summed E-state index contributed by atoms with van der Waals surface area (Å²) in [5, 5.41) is 12.7. The number of carbonyl (C=O) groups excluding carboxylic acids is 1. The fourth-order valence-electron chi connectivity index (χ4n) is 4.69. The Bertz CT molecular complexity index is 783. The Morgan fingerprint density at radius 3 is 2.06 bits per heavy atom. The SMILES string of the molecule is N#C/C(=C/N1CCN(c2ccccc2F)CC1)C(=O)NC1CCCCCCCCCCC1. The van der Waals surface area contributed by atoms with Crippen LogP contribution in [0.15, 0.2) is 36.0 Å². The Labute approximate surface area is 192 Å². The molecule has 1 aromatic carbocycles. The second kappa shape index (κ2) is 13.1. The van der Waals surface area contributed by atoms with E-state index in [1.165, 1.54) is 51.0 Å². The number of benzene rings is 1. The number of rotatable bonds is 4. The first-order valence-corrected chi connectivity index (χ1v) is 12.3. The van der Waals surface area contributed by atoms with E-state index in [0.29, 0.717) is 31.9 Å². The van der Waals surface area contributed by atoms with Crippen LogP contribution in [0.5, 0.6) is 0 Å². The standard InChI is InChI=1S/C26H37FN4O/c27-24-14-10-11-15-25(24)31-18-16-30(17-19-31)21-22(20-28)26(32)29-23-12-8-6-4-2-1-3-5-7-9-13-23/h10-11,14-15,21,23H,1-9,12-13,16-19H2,(H,29,32)/b22-21-. The van der Waals surface area contributed by atoms with E-state index in [1.54, 1.807) is 18.3 Å². The predicted octanol–water partition coefficient (Wildman–Crippen LogP) is 5.14. The van der Waals surface area contributed by atoms with E-state index in [-0.39, 0.29) is 23.3 Å². The zero-order chi connectivity index (χ0) is 22.6. The second-order valence-corrected chi connectivity index (χ2v) is 9.06. The van der Waals surface area contributed by atoms with Crippen LogP contribution in [0.4, 0.5) is 10.1 Å². The number of anilines is 1. The smallest absolute Gasteiger partial charge is 0.263 e. The molecule has 0 bridgehead atoms. The van der Waals surface area contributed by atoms with Crippen LogP contribution in [0.2, 0.25) is 0 Å². The lowest BCUT2D eigenvalue weighted by molar-refractivity contribution is -0.118. The summed E-state index contributed by atoms with van der Waals surface area (Å²) in [6, 6.07) is 9.04. The number of carbonyl (C=O) groups is 1. The highest BCUT2D eigenvalue weighted by Gasteiger charge is 2.21. The van der Waals surface area contributed by atoms with Crippen molar-refractivity contribution >= 4 is 11.6 Å². The van der Waals surface area contributed by atoms with Crippen molar-refractivity contribution in [1.82, 2.24) is 10.2 Å². The van der Waals surface area contributed by atoms with Crippen molar-refractivity contribution in [3.05, 3.63) is 41.9 Å². The van der Waals surface area contributed by atoms with Crippen LogP contribution in [0.1, 0.15) is 70.6 Å². The molecular formula is C26H37FN4O. The summed E-state index contributed by atoms with van der Waals surface area (Å²) in [5.74, 6) is -0.480. The van der Waals surface area contributed by atoms with Crippen LogP contribution in [-0.4, -0.2) is 43.0 Å². The second-order valence-electron chi connectivity index (χ2n) is 9.06. The largest absolute Gasteiger partial charge is 0.373 e. The summed E-state index contributed by atoms with van der Waals surface area (Å²) in [7, 11) is 0. The minimum Gasteiger partial charge on any atom is -0.373 e. The third-order valence-electron chi connectivity index (χ3n) is 6.62. The van der Waals surface area contributed by atoms with Gasteiger partial charge in [-0.25, -0.2) is 4.39 Å². The number of nitrogens with one attached hydrogen (secondary N) is 1. The molecule has 1 amide bonds. The Morgan fingerprint density at radius 2 is 1.50 bits per heavy atom. The molecule has 1 aliphatic carbocycles. The molecule has 6 heteroatoms. The molecule has 1 aliphatic heterocycles. The average molecular weight is 441 g/mol. The molecule has 0 unspecified atom stereocenters. The van der Waals surface area contributed by atoms with Gasteiger partial charge < -0.3 is 15.1 Å². The third-order valence-corrected chi connectivity index (χ3v) is 6.62. The minimum atomic E-state index is -0.263. The summed E-state index contributed by atoms with van der Waals surface area (Å²) in [4.78, 5) is 16.8. The van der Waals surface area contributed by atoms with Crippen molar-refractivity contribution in [2.45, 2.75) is 76.7 Å². The molecule has 3 rings (SSSR count). The van der Waals surface area contributed by atoms with E-state index >= 15 is 0 Å². The summed E-state index contributed by atoms with van der Waals surface area (Å²) >= 11 is 0. The lowest BCUT2D eigenvalue weighted by atomic mass is 9.97. The van der Waals surface area contributed by atoms with Crippen LogP contribution < -0.4 is 10.2 Å². The number of nitrogens with zero attached hydrogens (tertiary/aromatic N) is 3. The molecule has 2 fully saturated rings. The molecule has 1 N–H and O–H groups in total. The normalized spacial score (nSPS) is 20.1. The van der Waals surface area contributed by atoms with Gasteiger partial charge in [0.1, 0.15) is 17.5 Å². The topological polar surface area (TPSA) is 59.4 Å². The highest BCUT2D eigenvalue weighted by molar-refractivity contribution is 5.97. The van der Waals surface area contributed by atoms with Gasteiger partial charge in [-0.3, -0.25) is 4.79 Å². The fourth-order valence-corrected chi connectivity index (χ4v) is 4.69. The zero-order valence-corrected chi connectivity index (χ0v) is 19.2. The van der Waals surface area contributed by atoms with Crippen LogP contribution in [-0.2, 0) is 4.79 Å². The average Bonchev–Trinajstić information content (AvgIpc) is 2.80. The van der Waals surface area contributed by atoms with Gasteiger partial charge in [-0.15, -0.1) is 0 Å². The number of nitriles is 1. The molecule has 32 heavy (non-hydrogen) atoms. The van der Waals surface area contributed by atoms with Gasteiger partial charge >= 0.3 is 0 Å². The Morgan fingerprint density at radius 1 is 0.938 bits per heavy atom. The molecule has 1 aromatic rings. The minimum absolute atomic E-state index is 0.150. The summed E-state index contributed by atoms with van der Waals surface area (Å²) in [6.45, 7) is 2.60. The summed E-state index contributed by atoms with van der Waals surface area (Å²) in [5.41, 5.74) is 0.771. The molecule has 0 radical (unpaired) electrons. The van der Waals surface area contributed by atoms with Crippen molar-refractivity contribution in [1.29, 1.82) is 5.26 Å². The monoisotopic (exact) mass is 440 g/mol. The predicted molar refractivity (Wildman–Crippen MR) is 127 cm³/mol. The highest BCUT2D eigenvalue weighted by Crippen LogP contribution is 2.21. The number of hydrogen-bond donors (Lipinski definition) is 1. The van der Waals surface area contributed by atoms with Crippen molar-refractivity contribution in [2.24, 2.45) is 0 Å². The maximum Gasteiger partial charge on any atom is 0.263 e. The van der Waals surface area contributed by atoms with Crippen LogP contribution >= 0.6 is 0 Å². The Balaban J connectivity index is 1.53. The molecule has 1 saturated heterocycles. The number of piperazine rings is 1.